The van der Waals surface area contributed by atoms with Crippen molar-refractivity contribution in [2.24, 2.45) is 0 Å². The average molecular weight is 235 g/mol. The van der Waals surface area contributed by atoms with Gasteiger partial charge in [0, 0.05) is 6.04 Å². The zero-order valence-electron chi connectivity index (χ0n) is 10.6. The fourth-order valence-electron chi connectivity index (χ4n) is 2.63. The molecule has 1 aliphatic carbocycles. The third kappa shape index (κ3) is 3.29. The van der Waals surface area contributed by atoms with Gasteiger partial charge in [0.25, 0.3) is 0 Å². The van der Waals surface area contributed by atoms with Gasteiger partial charge in [0.2, 0.25) is 0 Å². The lowest BCUT2D eigenvalue weighted by Crippen LogP contribution is -2.20. The summed E-state index contributed by atoms with van der Waals surface area (Å²) in [5.41, 5.74) is 2.50. The van der Waals surface area contributed by atoms with Crippen LogP contribution in [0, 0.1) is 5.82 Å². The number of nitrogens with one attached hydrogen (secondary N) is 1. The van der Waals surface area contributed by atoms with Gasteiger partial charge in [-0.1, -0.05) is 32.3 Å². The van der Waals surface area contributed by atoms with E-state index >= 15 is 0 Å². The molecular weight excluding hydrogens is 213 g/mol. The van der Waals surface area contributed by atoms with E-state index in [9.17, 15) is 4.39 Å². The maximum Gasteiger partial charge on any atom is 0.123 e. The SMILES string of the molecule is CCCCCCNC1CCc2cc(F)ccc21. The molecule has 1 aromatic rings. The summed E-state index contributed by atoms with van der Waals surface area (Å²) in [6.07, 6.45) is 7.30. The number of benzene rings is 1. The largest absolute Gasteiger partial charge is 0.310 e. The van der Waals surface area contributed by atoms with Crippen molar-refractivity contribution in [1.29, 1.82) is 0 Å². The maximum absolute atomic E-state index is 13.1. The Morgan fingerprint density at radius 3 is 3.00 bits per heavy atom. The highest BCUT2D eigenvalue weighted by Crippen LogP contribution is 2.31. The number of fused-ring (bicyclic) bond motifs is 1. The van der Waals surface area contributed by atoms with Gasteiger partial charge in [-0.25, -0.2) is 4.39 Å². The van der Waals surface area contributed by atoms with Crippen molar-refractivity contribution in [1.82, 2.24) is 5.32 Å². The Morgan fingerprint density at radius 2 is 2.18 bits per heavy atom. The van der Waals surface area contributed by atoms with Crippen LogP contribution in [-0.2, 0) is 6.42 Å². The lowest BCUT2D eigenvalue weighted by molar-refractivity contribution is 0.506. The second-order valence-electron chi connectivity index (χ2n) is 4.95. The van der Waals surface area contributed by atoms with Crippen molar-refractivity contribution in [3.63, 3.8) is 0 Å². The molecule has 0 saturated carbocycles. The quantitative estimate of drug-likeness (QED) is 0.735. The molecule has 1 N–H and O–H groups in total. The molecule has 2 heteroatoms. The molecule has 0 aromatic heterocycles. The molecular formula is C15H22FN. The van der Waals surface area contributed by atoms with Crippen LogP contribution >= 0.6 is 0 Å². The lowest BCUT2D eigenvalue weighted by atomic mass is 10.1. The van der Waals surface area contributed by atoms with Crippen molar-refractivity contribution < 1.29 is 4.39 Å². The first-order valence-electron chi connectivity index (χ1n) is 6.83. The van der Waals surface area contributed by atoms with Crippen molar-refractivity contribution in [3.05, 3.63) is 35.1 Å². The highest BCUT2D eigenvalue weighted by Gasteiger charge is 2.21. The first kappa shape index (κ1) is 12.6. The molecule has 1 unspecified atom stereocenters. The predicted molar refractivity (Wildman–Crippen MR) is 69.6 cm³/mol. The first-order chi connectivity index (χ1) is 8.31. The molecule has 0 bridgehead atoms. The number of unbranched alkanes of at least 4 members (excludes halogenated alkanes) is 3. The normalized spacial score (nSPS) is 18.4. The molecule has 0 heterocycles. The summed E-state index contributed by atoms with van der Waals surface area (Å²) in [4.78, 5) is 0. The molecule has 0 aliphatic heterocycles. The monoisotopic (exact) mass is 235 g/mol. The van der Waals surface area contributed by atoms with Gasteiger partial charge in [0.1, 0.15) is 5.82 Å². The Labute approximate surface area is 103 Å². The molecule has 0 radical (unpaired) electrons. The topological polar surface area (TPSA) is 12.0 Å². The third-order valence-corrected chi connectivity index (χ3v) is 3.60. The summed E-state index contributed by atoms with van der Waals surface area (Å²) in [6.45, 7) is 3.32. The summed E-state index contributed by atoms with van der Waals surface area (Å²) in [7, 11) is 0. The van der Waals surface area contributed by atoms with Crippen LogP contribution < -0.4 is 5.32 Å². The van der Waals surface area contributed by atoms with Gasteiger partial charge in [0.05, 0.1) is 0 Å². The van der Waals surface area contributed by atoms with Crippen molar-refractivity contribution in [3.8, 4) is 0 Å². The summed E-state index contributed by atoms with van der Waals surface area (Å²) >= 11 is 0. The van der Waals surface area contributed by atoms with Crippen LogP contribution in [0.4, 0.5) is 4.39 Å². The van der Waals surface area contributed by atoms with E-state index in [1.165, 1.54) is 36.8 Å². The number of hydrogen-bond acceptors (Lipinski definition) is 1. The second-order valence-corrected chi connectivity index (χ2v) is 4.95. The van der Waals surface area contributed by atoms with E-state index in [1.807, 2.05) is 6.07 Å². The minimum atomic E-state index is -0.104. The Balaban J connectivity index is 1.81. The number of hydrogen-bond donors (Lipinski definition) is 1. The third-order valence-electron chi connectivity index (χ3n) is 3.60. The summed E-state index contributed by atoms with van der Waals surface area (Å²) in [6, 6.07) is 5.66. The van der Waals surface area contributed by atoms with Gasteiger partial charge in [0.15, 0.2) is 0 Å². The number of rotatable bonds is 6. The molecule has 2 rings (SSSR count). The van der Waals surface area contributed by atoms with E-state index in [1.54, 1.807) is 12.1 Å². The molecule has 0 saturated heterocycles. The molecule has 0 amide bonds. The Morgan fingerprint density at radius 1 is 1.29 bits per heavy atom. The van der Waals surface area contributed by atoms with E-state index in [0.29, 0.717) is 6.04 Å². The molecule has 1 aromatic carbocycles. The summed E-state index contributed by atoms with van der Waals surface area (Å²) < 4.78 is 13.1. The van der Waals surface area contributed by atoms with Crippen LogP contribution in [0.1, 0.15) is 56.2 Å². The van der Waals surface area contributed by atoms with E-state index in [4.69, 9.17) is 0 Å². The van der Waals surface area contributed by atoms with Gasteiger partial charge >= 0.3 is 0 Å². The second kappa shape index (κ2) is 6.15. The van der Waals surface area contributed by atoms with Gasteiger partial charge in [-0.05, 0) is 49.1 Å². The van der Waals surface area contributed by atoms with E-state index in [-0.39, 0.29) is 5.82 Å². The summed E-state index contributed by atoms with van der Waals surface area (Å²) in [5.74, 6) is -0.104. The Kier molecular flexibility index (Phi) is 4.55. The molecule has 1 aliphatic rings. The standard InChI is InChI=1S/C15H22FN/c1-2-3-4-5-10-17-15-9-6-12-11-13(16)7-8-14(12)15/h7-8,11,15,17H,2-6,9-10H2,1H3. The van der Waals surface area contributed by atoms with Crippen LogP contribution in [0.2, 0.25) is 0 Å². The van der Waals surface area contributed by atoms with Crippen molar-refractivity contribution >= 4 is 0 Å². The molecule has 0 spiro atoms. The zero-order chi connectivity index (χ0) is 12.1. The van der Waals surface area contributed by atoms with Crippen molar-refractivity contribution in [2.45, 2.75) is 51.5 Å². The predicted octanol–water partition coefficient (Wildman–Crippen LogP) is 3.98. The van der Waals surface area contributed by atoms with Crippen LogP contribution in [0.5, 0.6) is 0 Å². The van der Waals surface area contributed by atoms with Gasteiger partial charge in [-0.3, -0.25) is 0 Å². The fourth-order valence-corrected chi connectivity index (χ4v) is 2.63. The number of halogens is 1. The van der Waals surface area contributed by atoms with Crippen LogP contribution in [0.15, 0.2) is 18.2 Å². The first-order valence-corrected chi connectivity index (χ1v) is 6.83. The molecule has 94 valence electrons. The van der Waals surface area contributed by atoms with Crippen LogP contribution in [0.3, 0.4) is 0 Å². The smallest absolute Gasteiger partial charge is 0.123 e. The average Bonchev–Trinajstić information content (AvgIpc) is 2.71. The lowest BCUT2D eigenvalue weighted by Gasteiger charge is -2.13. The molecule has 17 heavy (non-hydrogen) atoms. The van der Waals surface area contributed by atoms with Crippen LogP contribution in [-0.4, -0.2) is 6.54 Å². The zero-order valence-corrected chi connectivity index (χ0v) is 10.6. The molecule has 1 nitrogen and oxygen atoms in total. The highest BCUT2D eigenvalue weighted by atomic mass is 19.1. The van der Waals surface area contributed by atoms with E-state index in [2.05, 4.69) is 12.2 Å². The Hall–Kier alpha value is -0.890. The molecule has 0 fully saturated rings. The molecule has 1 atom stereocenters. The summed E-state index contributed by atoms with van der Waals surface area (Å²) in [5, 5.41) is 3.59. The van der Waals surface area contributed by atoms with E-state index in [0.717, 1.165) is 19.4 Å². The van der Waals surface area contributed by atoms with Gasteiger partial charge in [-0.15, -0.1) is 0 Å². The minimum Gasteiger partial charge on any atom is -0.310 e. The van der Waals surface area contributed by atoms with Crippen molar-refractivity contribution in [2.75, 3.05) is 6.54 Å². The fraction of sp³-hybridized carbons (Fsp3) is 0.600. The number of aryl methyl sites for hydroxylation is 1. The Bertz CT molecular complexity index is 362. The highest BCUT2D eigenvalue weighted by molar-refractivity contribution is 5.34. The minimum absolute atomic E-state index is 0.104. The van der Waals surface area contributed by atoms with Crippen LogP contribution in [0.25, 0.3) is 0 Å². The van der Waals surface area contributed by atoms with E-state index < -0.39 is 0 Å². The van der Waals surface area contributed by atoms with Gasteiger partial charge < -0.3 is 5.32 Å². The maximum atomic E-state index is 13.1. The van der Waals surface area contributed by atoms with Gasteiger partial charge in [-0.2, -0.15) is 0 Å².